The number of amides is 1. The highest BCUT2D eigenvalue weighted by atomic mass is 32.2. The Morgan fingerprint density at radius 2 is 1.74 bits per heavy atom. The smallest absolute Gasteiger partial charge is 0.266 e. The summed E-state index contributed by atoms with van der Waals surface area (Å²) in [7, 11) is -3.24. The summed E-state index contributed by atoms with van der Waals surface area (Å²) in [6.07, 6.45) is 2.55. The van der Waals surface area contributed by atoms with Gasteiger partial charge in [-0.3, -0.25) is 4.79 Å². The molecule has 0 aromatic carbocycles. The number of piperazine rings is 1. The van der Waals surface area contributed by atoms with Crippen LogP contribution in [0.3, 0.4) is 0 Å². The third kappa shape index (κ3) is 5.80. The van der Waals surface area contributed by atoms with Gasteiger partial charge in [-0.2, -0.15) is 9.57 Å². The zero-order valence-electron chi connectivity index (χ0n) is 13.1. The molecule has 10 heteroatoms. The van der Waals surface area contributed by atoms with E-state index in [9.17, 15) is 13.2 Å². The van der Waals surface area contributed by atoms with Crippen LogP contribution in [0.1, 0.15) is 0 Å². The fourth-order valence-electron chi connectivity index (χ4n) is 2.21. The molecular weight excluding hydrogens is 324 g/mol. The normalized spacial score (nSPS) is 17.0. The highest BCUT2D eigenvalue weighted by Crippen LogP contribution is 2.09. The number of hydrogen-bond donors (Lipinski definition) is 2. The standard InChI is InChI=1S/C13H22N4O5S/c1-23(21,22)17-4-2-15(3-5-17)11-12(10-14)13(20)16(6-8-18)7-9-19/h11,18-19H,2-9H2,1H3/b12-11-. The second-order valence-corrected chi connectivity index (χ2v) is 7.07. The third-order valence-electron chi connectivity index (χ3n) is 3.43. The van der Waals surface area contributed by atoms with Gasteiger partial charge in [-0.15, -0.1) is 0 Å². The maximum absolute atomic E-state index is 12.2. The largest absolute Gasteiger partial charge is 0.395 e. The number of carbonyl (C=O) groups is 1. The van der Waals surface area contributed by atoms with Crippen LogP contribution in [0.25, 0.3) is 0 Å². The van der Waals surface area contributed by atoms with Gasteiger partial charge in [-0.25, -0.2) is 8.42 Å². The van der Waals surface area contributed by atoms with Crippen molar-refractivity contribution in [2.75, 3.05) is 58.7 Å². The molecule has 0 bridgehead atoms. The van der Waals surface area contributed by atoms with Crippen LogP contribution < -0.4 is 0 Å². The van der Waals surface area contributed by atoms with E-state index in [2.05, 4.69) is 0 Å². The number of aliphatic hydroxyl groups is 2. The van der Waals surface area contributed by atoms with Crippen LogP contribution in [-0.4, -0.2) is 97.4 Å². The van der Waals surface area contributed by atoms with E-state index in [1.54, 1.807) is 4.90 Å². The fourth-order valence-corrected chi connectivity index (χ4v) is 3.03. The lowest BCUT2D eigenvalue weighted by Gasteiger charge is -2.32. The summed E-state index contributed by atoms with van der Waals surface area (Å²) in [5.41, 5.74) is -0.111. The molecule has 9 nitrogen and oxygen atoms in total. The zero-order valence-corrected chi connectivity index (χ0v) is 13.9. The Morgan fingerprint density at radius 3 is 2.13 bits per heavy atom. The summed E-state index contributed by atoms with van der Waals surface area (Å²) in [5.74, 6) is -0.568. The second-order valence-electron chi connectivity index (χ2n) is 5.09. The Labute approximate surface area is 136 Å². The molecule has 1 fully saturated rings. The van der Waals surface area contributed by atoms with Crippen molar-refractivity contribution in [2.45, 2.75) is 0 Å². The van der Waals surface area contributed by atoms with E-state index in [0.717, 1.165) is 6.26 Å². The summed E-state index contributed by atoms with van der Waals surface area (Å²) >= 11 is 0. The van der Waals surface area contributed by atoms with Crippen molar-refractivity contribution in [3.8, 4) is 6.07 Å². The summed E-state index contributed by atoms with van der Waals surface area (Å²) in [5, 5.41) is 27.1. The van der Waals surface area contributed by atoms with Gasteiger partial charge in [0, 0.05) is 45.5 Å². The maximum Gasteiger partial charge on any atom is 0.266 e. The molecule has 1 aliphatic rings. The van der Waals surface area contributed by atoms with Gasteiger partial charge < -0.3 is 20.0 Å². The lowest BCUT2D eigenvalue weighted by Crippen LogP contribution is -2.46. The van der Waals surface area contributed by atoms with E-state index in [1.807, 2.05) is 6.07 Å². The highest BCUT2D eigenvalue weighted by Gasteiger charge is 2.24. The second kappa shape index (κ2) is 8.83. The minimum atomic E-state index is -3.24. The molecule has 0 aliphatic carbocycles. The number of hydrogen-bond acceptors (Lipinski definition) is 7. The summed E-state index contributed by atoms with van der Waals surface area (Å²) < 4.78 is 24.2. The van der Waals surface area contributed by atoms with Crippen molar-refractivity contribution in [3.05, 3.63) is 11.8 Å². The Morgan fingerprint density at radius 1 is 1.22 bits per heavy atom. The molecule has 1 heterocycles. The lowest BCUT2D eigenvalue weighted by atomic mass is 10.2. The van der Waals surface area contributed by atoms with Crippen molar-refractivity contribution in [1.29, 1.82) is 5.26 Å². The van der Waals surface area contributed by atoms with Crippen molar-refractivity contribution >= 4 is 15.9 Å². The molecule has 0 atom stereocenters. The van der Waals surface area contributed by atoms with Crippen LogP contribution >= 0.6 is 0 Å². The van der Waals surface area contributed by atoms with Gasteiger partial charge in [-0.05, 0) is 0 Å². The average Bonchev–Trinajstić information content (AvgIpc) is 2.51. The quantitative estimate of drug-likeness (QED) is 0.395. The molecule has 130 valence electrons. The Balaban J connectivity index is 2.76. The van der Waals surface area contributed by atoms with Gasteiger partial charge in [0.25, 0.3) is 5.91 Å². The predicted molar refractivity (Wildman–Crippen MR) is 82.4 cm³/mol. The van der Waals surface area contributed by atoms with Gasteiger partial charge in [0.1, 0.15) is 11.6 Å². The van der Waals surface area contributed by atoms with E-state index < -0.39 is 15.9 Å². The fraction of sp³-hybridized carbons (Fsp3) is 0.692. The van der Waals surface area contributed by atoms with E-state index in [4.69, 9.17) is 15.5 Å². The van der Waals surface area contributed by atoms with E-state index >= 15 is 0 Å². The zero-order chi connectivity index (χ0) is 17.5. The van der Waals surface area contributed by atoms with Crippen molar-refractivity contribution in [3.63, 3.8) is 0 Å². The molecule has 0 aromatic heterocycles. The Bertz CT molecular complexity index is 570. The summed E-state index contributed by atoms with van der Waals surface area (Å²) in [6.45, 7) is 0.866. The molecule has 0 unspecified atom stereocenters. The average molecular weight is 346 g/mol. The highest BCUT2D eigenvalue weighted by molar-refractivity contribution is 7.88. The van der Waals surface area contributed by atoms with Crippen molar-refractivity contribution < 1.29 is 23.4 Å². The molecule has 1 amide bonds. The molecule has 1 rings (SSSR count). The minimum Gasteiger partial charge on any atom is -0.395 e. The van der Waals surface area contributed by atoms with Crippen LogP contribution in [0, 0.1) is 11.3 Å². The molecule has 1 aliphatic heterocycles. The van der Waals surface area contributed by atoms with E-state index in [1.165, 1.54) is 15.4 Å². The number of carbonyl (C=O) groups excluding carboxylic acids is 1. The first-order valence-electron chi connectivity index (χ1n) is 7.15. The van der Waals surface area contributed by atoms with Crippen LogP contribution in [-0.2, 0) is 14.8 Å². The number of rotatable bonds is 7. The molecule has 0 spiro atoms. The van der Waals surface area contributed by atoms with Gasteiger partial charge in [0.15, 0.2) is 0 Å². The minimum absolute atomic E-state index is 0.0280. The lowest BCUT2D eigenvalue weighted by molar-refractivity contribution is -0.127. The molecule has 0 saturated carbocycles. The van der Waals surface area contributed by atoms with Crippen LogP contribution in [0.5, 0.6) is 0 Å². The SMILES string of the molecule is CS(=O)(=O)N1CCN(/C=C(/C#N)C(=O)N(CCO)CCO)CC1. The van der Waals surface area contributed by atoms with E-state index in [-0.39, 0.29) is 31.9 Å². The molecule has 2 N–H and O–H groups in total. The van der Waals surface area contributed by atoms with Gasteiger partial charge in [0.2, 0.25) is 10.0 Å². The topological polar surface area (TPSA) is 125 Å². The first kappa shape index (κ1) is 19.4. The predicted octanol–water partition coefficient (Wildman–Crippen LogP) is -2.22. The third-order valence-corrected chi connectivity index (χ3v) is 4.74. The number of nitrogens with zero attached hydrogens (tertiary/aromatic N) is 4. The van der Waals surface area contributed by atoms with Gasteiger partial charge in [0.05, 0.1) is 19.5 Å². The number of nitriles is 1. The van der Waals surface area contributed by atoms with Crippen LogP contribution in [0.15, 0.2) is 11.8 Å². The van der Waals surface area contributed by atoms with Gasteiger partial charge >= 0.3 is 0 Å². The Kier molecular flexibility index (Phi) is 7.44. The summed E-state index contributed by atoms with van der Waals surface area (Å²) in [6, 6.07) is 1.82. The van der Waals surface area contributed by atoms with Crippen molar-refractivity contribution in [1.82, 2.24) is 14.1 Å². The van der Waals surface area contributed by atoms with Crippen LogP contribution in [0.4, 0.5) is 0 Å². The summed E-state index contributed by atoms with van der Waals surface area (Å²) in [4.78, 5) is 15.1. The van der Waals surface area contributed by atoms with Crippen LogP contribution in [0.2, 0.25) is 0 Å². The maximum atomic E-state index is 12.2. The molecular formula is C13H22N4O5S. The van der Waals surface area contributed by atoms with Gasteiger partial charge in [-0.1, -0.05) is 0 Å². The monoisotopic (exact) mass is 346 g/mol. The molecule has 0 radical (unpaired) electrons. The molecule has 1 saturated heterocycles. The van der Waals surface area contributed by atoms with Crippen molar-refractivity contribution in [2.24, 2.45) is 0 Å². The number of sulfonamides is 1. The number of aliphatic hydroxyl groups excluding tert-OH is 2. The molecule has 23 heavy (non-hydrogen) atoms. The first-order chi connectivity index (χ1) is 10.8. The Hall–Kier alpha value is -1.67. The van der Waals surface area contributed by atoms with E-state index in [0.29, 0.717) is 26.2 Å². The first-order valence-corrected chi connectivity index (χ1v) is 9.00. The molecule has 0 aromatic rings.